The molecule has 0 aliphatic heterocycles. The molecule has 1 aliphatic carbocycles. The van der Waals surface area contributed by atoms with Crippen molar-refractivity contribution < 1.29 is 9.53 Å². The van der Waals surface area contributed by atoms with Gasteiger partial charge < -0.3 is 4.74 Å². The van der Waals surface area contributed by atoms with Crippen LogP contribution in [0.3, 0.4) is 0 Å². The molecule has 0 spiro atoms. The minimum Gasteiger partial charge on any atom is -0.497 e. The third kappa shape index (κ3) is 3.15. The number of aryl methyl sites for hydroxylation is 1. The maximum atomic E-state index is 12.9. The third-order valence-corrected chi connectivity index (χ3v) is 5.99. The van der Waals surface area contributed by atoms with E-state index in [4.69, 9.17) is 21.3 Å². The SMILES string of the molecule is COc1cccc(-c2c(C)nn3cc4c(nc23)CC(c2ccc(Cl)cc2)CC4=O)c1. The van der Waals surface area contributed by atoms with Crippen molar-refractivity contribution in [3.8, 4) is 16.9 Å². The zero-order chi connectivity index (χ0) is 20.8. The number of methoxy groups -OCH3 is 1. The van der Waals surface area contributed by atoms with E-state index in [1.165, 1.54) is 0 Å². The lowest BCUT2D eigenvalue weighted by atomic mass is 9.82. The number of halogens is 1. The Hall–Kier alpha value is -3.18. The molecule has 2 aromatic carbocycles. The van der Waals surface area contributed by atoms with Crippen LogP contribution >= 0.6 is 11.6 Å². The van der Waals surface area contributed by atoms with Gasteiger partial charge in [-0.1, -0.05) is 35.9 Å². The van der Waals surface area contributed by atoms with Crippen molar-refractivity contribution in [1.29, 1.82) is 0 Å². The van der Waals surface area contributed by atoms with Crippen LogP contribution < -0.4 is 4.74 Å². The molecular weight excluding hydrogens is 398 g/mol. The van der Waals surface area contributed by atoms with Gasteiger partial charge in [0.1, 0.15) is 5.75 Å². The highest BCUT2D eigenvalue weighted by Gasteiger charge is 2.29. The van der Waals surface area contributed by atoms with Crippen molar-refractivity contribution in [2.45, 2.75) is 25.7 Å². The summed E-state index contributed by atoms with van der Waals surface area (Å²) in [4.78, 5) is 17.8. The third-order valence-electron chi connectivity index (χ3n) is 5.74. The van der Waals surface area contributed by atoms with Gasteiger partial charge >= 0.3 is 0 Å². The molecule has 0 N–H and O–H groups in total. The first-order valence-corrected chi connectivity index (χ1v) is 10.2. The number of hydrogen-bond donors (Lipinski definition) is 0. The topological polar surface area (TPSA) is 56.5 Å². The summed E-state index contributed by atoms with van der Waals surface area (Å²) in [6, 6.07) is 15.6. The minimum atomic E-state index is 0.0986. The monoisotopic (exact) mass is 417 g/mol. The van der Waals surface area contributed by atoms with Gasteiger partial charge in [0.15, 0.2) is 11.4 Å². The van der Waals surface area contributed by atoms with Gasteiger partial charge in [0.25, 0.3) is 0 Å². The summed E-state index contributed by atoms with van der Waals surface area (Å²) in [6.07, 6.45) is 3.00. The number of benzene rings is 2. The summed E-state index contributed by atoms with van der Waals surface area (Å²) in [5.41, 5.74) is 6.15. The summed E-state index contributed by atoms with van der Waals surface area (Å²) < 4.78 is 7.10. The number of carbonyl (C=O) groups is 1. The summed E-state index contributed by atoms with van der Waals surface area (Å²) in [6.45, 7) is 1.96. The van der Waals surface area contributed by atoms with Gasteiger partial charge in [-0.2, -0.15) is 5.10 Å². The van der Waals surface area contributed by atoms with E-state index in [0.29, 0.717) is 23.4 Å². The Morgan fingerprint density at radius 1 is 1.13 bits per heavy atom. The van der Waals surface area contributed by atoms with Crippen molar-refractivity contribution in [3.05, 3.63) is 82.3 Å². The Morgan fingerprint density at radius 2 is 1.93 bits per heavy atom. The van der Waals surface area contributed by atoms with Crippen molar-refractivity contribution in [3.63, 3.8) is 0 Å². The second-order valence-corrected chi connectivity index (χ2v) is 8.08. The van der Waals surface area contributed by atoms with Gasteiger partial charge in [0, 0.05) is 23.2 Å². The van der Waals surface area contributed by atoms with Crippen LogP contribution in [-0.2, 0) is 6.42 Å². The maximum Gasteiger partial charge on any atom is 0.166 e. The zero-order valence-electron chi connectivity index (χ0n) is 16.7. The van der Waals surface area contributed by atoms with Gasteiger partial charge in [-0.05, 0) is 54.7 Å². The number of ether oxygens (including phenoxy) is 1. The number of rotatable bonds is 3. The van der Waals surface area contributed by atoms with Crippen molar-refractivity contribution in [2.24, 2.45) is 0 Å². The highest BCUT2D eigenvalue weighted by molar-refractivity contribution is 6.30. The fourth-order valence-corrected chi connectivity index (χ4v) is 4.36. The molecule has 1 atom stereocenters. The lowest BCUT2D eigenvalue weighted by Gasteiger charge is -2.23. The van der Waals surface area contributed by atoms with Gasteiger partial charge in [-0.25, -0.2) is 9.50 Å². The minimum absolute atomic E-state index is 0.0986. The molecule has 150 valence electrons. The van der Waals surface area contributed by atoms with Crippen LogP contribution in [0.5, 0.6) is 5.75 Å². The van der Waals surface area contributed by atoms with E-state index in [1.54, 1.807) is 11.6 Å². The number of hydrogen-bond acceptors (Lipinski definition) is 4. The number of Topliss-reactive ketones (excluding diaryl/α,β-unsaturated/α-hetero) is 1. The predicted octanol–water partition coefficient (Wildman–Crippen LogP) is 5.28. The predicted molar refractivity (Wildman–Crippen MR) is 117 cm³/mol. The van der Waals surface area contributed by atoms with Crippen LogP contribution in [-0.4, -0.2) is 27.5 Å². The molecule has 0 saturated carbocycles. The van der Waals surface area contributed by atoms with E-state index in [0.717, 1.165) is 39.5 Å². The fourth-order valence-electron chi connectivity index (χ4n) is 4.23. The average molecular weight is 418 g/mol. The maximum absolute atomic E-state index is 12.9. The Bertz CT molecular complexity index is 1280. The number of carbonyl (C=O) groups excluding carboxylic acids is 1. The van der Waals surface area contributed by atoms with Gasteiger partial charge in [0.05, 0.1) is 24.1 Å². The molecule has 1 unspecified atom stereocenters. The molecule has 2 aromatic heterocycles. The molecule has 2 heterocycles. The Labute approximate surface area is 179 Å². The van der Waals surface area contributed by atoms with Gasteiger partial charge in [0.2, 0.25) is 0 Å². The fraction of sp³-hybridized carbons (Fsp3) is 0.208. The number of aromatic nitrogens is 3. The molecule has 1 aliphatic rings. The van der Waals surface area contributed by atoms with Crippen LogP contribution in [0.15, 0.2) is 54.7 Å². The number of ketones is 1. The summed E-state index contributed by atoms with van der Waals surface area (Å²) >= 11 is 6.03. The highest BCUT2D eigenvalue weighted by Crippen LogP contribution is 2.35. The van der Waals surface area contributed by atoms with E-state index in [9.17, 15) is 4.79 Å². The number of nitrogens with zero attached hydrogens (tertiary/aromatic N) is 3. The summed E-state index contributed by atoms with van der Waals surface area (Å²) in [5.74, 6) is 0.977. The normalized spacial score (nSPS) is 16.0. The first kappa shape index (κ1) is 18.8. The van der Waals surface area contributed by atoms with Gasteiger partial charge in [-0.3, -0.25) is 4.79 Å². The molecule has 0 amide bonds. The molecular formula is C24H20ClN3O2. The first-order chi connectivity index (χ1) is 14.5. The van der Waals surface area contributed by atoms with E-state index in [-0.39, 0.29) is 11.7 Å². The van der Waals surface area contributed by atoms with Crippen LogP contribution in [0.25, 0.3) is 16.8 Å². The van der Waals surface area contributed by atoms with Crippen LogP contribution in [0, 0.1) is 6.92 Å². The lowest BCUT2D eigenvalue weighted by Crippen LogP contribution is -2.21. The summed E-state index contributed by atoms with van der Waals surface area (Å²) in [7, 11) is 1.65. The van der Waals surface area contributed by atoms with Crippen LogP contribution in [0.1, 0.15) is 39.6 Å². The molecule has 4 aromatic rings. The average Bonchev–Trinajstić information content (AvgIpc) is 3.07. The van der Waals surface area contributed by atoms with E-state index in [1.807, 2.05) is 61.7 Å². The molecule has 0 fully saturated rings. The second kappa shape index (κ2) is 7.26. The highest BCUT2D eigenvalue weighted by atomic mass is 35.5. The smallest absolute Gasteiger partial charge is 0.166 e. The Morgan fingerprint density at radius 3 is 2.70 bits per heavy atom. The molecule has 5 rings (SSSR count). The molecule has 0 bridgehead atoms. The quantitative estimate of drug-likeness (QED) is 0.455. The number of fused-ring (bicyclic) bond motifs is 2. The second-order valence-electron chi connectivity index (χ2n) is 7.64. The molecule has 0 radical (unpaired) electrons. The molecule has 6 heteroatoms. The standard InChI is InChI=1S/C24H20ClN3O2/c1-14-23(16-4-3-5-19(10-16)30-2)24-26-21-11-17(15-6-8-18(25)9-7-15)12-22(29)20(21)13-28(24)27-14/h3-10,13,17H,11-12H2,1-2H3. The molecule has 5 nitrogen and oxygen atoms in total. The first-order valence-electron chi connectivity index (χ1n) is 9.85. The van der Waals surface area contributed by atoms with Crippen molar-refractivity contribution in [1.82, 2.24) is 14.6 Å². The molecule has 30 heavy (non-hydrogen) atoms. The zero-order valence-corrected chi connectivity index (χ0v) is 17.5. The molecule has 0 saturated heterocycles. The lowest BCUT2D eigenvalue weighted by molar-refractivity contribution is 0.0962. The van der Waals surface area contributed by atoms with E-state index < -0.39 is 0 Å². The van der Waals surface area contributed by atoms with Crippen molar-refractivity contribution in [2.75, 3.05) is 7.11 Å². The van der Waals surface area contributed by atoms with Crippen LogP contribution in [0.2, 0.25) is 5.02 Å². The summed E-state index contributed by atoms with van der Waals surface area (Å²) in [5, 5.41) is 5.31. The van der Waals surface area contributed by atoms with Gasteiger partial charge in [-0.15, -0.1) is 0 Å². The van der Waals surface area contributed by atoms with E-state index >= 15 is 0 Å². The van der Waals surface area contributed by atoms with E-state index in [2.05, 4.69) is 5.10 Å². The largest absolute Gasteiger partial charge is 0.497 e. The Kier molecular flexibility index (Phi) is 4.55. The van der Waals surface area contributed by atoms with Crippen molar-refractivity contribution >= 4 is 23.0 Å². The Balaban J connectivity index is 1.62. The van der Waals surface area contributed by atoms with Crippen LogP contribution in [0.4, 0.5) is 0 Å².